The summed E-state index contributed by atoms with van der Waals surface area (Å²) in [6.07, 6.45) is 6.87. The van der Waals surface area contributed by atoms with Crippen molar-refractivity contribution in [1.29, 1.82) is 0 Å². The first-order valence-corrected chi connectivity index (χ1v) is 6.57. The maximum atomic E-state index is 12.1. The van der Waals surface area contributed by atoms with Crippen LogP contribution in [0.5, 0.6) is 0 Å². The van der Waals surface area contributed by atoms with Gasteiger partial charge in [0.05, 0.1) is 18.2 Å². The summed E-state index contributed by atoms with van der Waals surface area (Å²) in [4.78, 5) is 12.1. The standard InChI is InChI=1S/C13H20N4O/c14-12-7-3-1-2-6-11(12)13(18)15-9-10-5-4-8-16-17-10/h4-5,8,11-12H,1-3,6-7,9,14H2,(H,15,18). The van der Waals surface area contributed by atoms with Crippen LogP contribution in [0.25, 0.3) is 0 Å². The van der Waals surface area contributed by atoms with Crippen LogP contribution >= 0.6 is 0 Å². The van der Waals surface area contributed by atoms with Crippen molar-refractivity contribution in [3.8, 4) is 0 Å². The molecule has 5 heteroatoms. The predicted octanol–water partition coefficient (Wildman–Crippen LogP) is 1.00. The zero-order chi connectivity index (χ0) is 12.8. The van der Waals surface area contributed by atoms with Gasteiger partial charge in [-0.15, -0.1) is 0 Å². The molecule has 0 saturated heterocycles. The van der Waals surface area contributed by atoms with Crippen LogP contribution in [0.1, 0.15) is 37.8 Å². The minimum Gasteiger partial charge on any atom is -0.350 e. The first-order chi connectivity index (χ1) is 8.77. The Hall–Kier alpha value is -1.49. The van der Waals surface area contributed by atoms with E-state index in [1.165, 1.54) is 6.42 Å². The van der Waals surface area contributed by atoms with E-state index in [0.29, 0.717) is 6.54 Å². The predicted molar refractivity (Wildman–Crippen MR) is 68.4 cm³/mol. The van der Waals surface area contributed by atoms with Crippen LogP contribution in [-0.2, 0) is 11.3 Å². The highest BCUT2D eigenvalue weighted by molar-refractivity contribution is 5.79. The first-order valence-electron chi connectivity index (χ1n) is 6.57. The molecule has 1 aliphatic rings. The minimum atomic E-state index is -0.0517. The summed E-state index contributed by atoms with van der Waals surface area (Å²) in [5.74, 6) is -0.000718. The van der Waals surface area contributed by atoms with Gasteiger partial charge in [-0.2, -0.15) is 10.2 Å². The molecule has 5 nitrogen and oxygen atoms in total. The number of amides is 1. The van der Waals surface area contributed by atoms with E-state index in [-0.39, 0.29) is 17.9 Å². The minimum absolute atomic E-state index is 0.00522. The first kappa shape index (κ1) is 13.0. The number of nitrogens with two attached hydrogens (primary N) is 1. The average Bonchev–Trinajstić information content (AvgIpc) is 2.62. The molecule has 2 atom stereocenters. The molecule has 1 aromatic rings. The Morgan fingerprint density at radius 3 is 3.00 bits per heavy atom. The lowest BCUT2D eigenvalue weighted by molar-refractivity contribution is -0.126. The van der Waals surface area contributed by atoms with Gasteiger partial charge in [-0.3, -0.25) is 4.79 Å². The summed E-state index contributed by atoms with van der Waals surface area (Å²) >= 11 is 0. The van der Waals surface area contributed by atoms with E-state index < -0.39 is 0 Å². The van der Waals surface area contributed by atoms with Crippen molar-refractivity contribution in [3.05, 3.63) is 24.0 Å². The lowest BCUT2D eigenvalue weighted by atomic mass is 9.94. The molecule has 2 unspecified atom stereocenters. The molecule has 0 aliphatic heterocycles. The quantitative estimate of drug-likeness (QED) is 0.782. The van der Waals surface area contributed by atoms with Gasteiger partial charge in [0, 0.05) is 12.2 Å². The van der Waals surface area contributed by atoms with E-state index in [2.05, 4.69) is 15.5 Å². The Labute approximate surface area is 107 Å². The molecule has 1 heterocycles. The third-order valence-corrected chi connectivity index (χ3v) is 3.48. The van der Waals surface area contributed by atoms with Crippen molar-refractivity contribution in [2.75, 3.05) is 0 Å². The summed E-state index contributed by atoms with van der Waals surface area (Å²) in [6, 6.07) is 3.65. The number of carbonyl (C=O) groups excluding carboxylic acids is 1. The van der Waals surface area contributed by atoms with Crippen LogP contribution in [0, 0.1) is 5.92 Å². The summed E-state index contributed by atoms with van der Waals surface area (Å²) < 4.78 is 0. The Morgan fingerprint density at radius 2 is 2.22 bits per heavy atom. The zero-order valence-electron chi connectivity index (χ0n) is 10.5. The largest absolute Gasteiger partial charge is 0.350 e. The van der Waals surface area contributed by atoms with E-state index in [1.54, 1.807) is 6.20 Å². The normalized spacial score (nSPS) is 24.3. The van der Waals surface area contributed by atoms with E-state index in [9.17, 15) is 4.79 Å². The topological polar surface area (TPSA) is 80.9 Å². The number of nitrogens with one attached hydrogen (secondary N) is 1. The molecular weight excluding hydrogens is 228 g/mol. The zero-order valence-corrected chi connectivity index (χ0v) is 10.5. The second-order valence-electron chi connectivity index (χ2n) is 4.84. The molecular formula is C13H20N4O. The van der Waals surface area contributed by atoms with E-state index >= 15 is 0 Å². The lowest BCUT2D eigenvalue weighted by Gasteiger charge is -2.20. The molecule has 1 aliphatic carbocycles. The molecule has 3 N–H and O–H groups in total. The summed E-state index contributed by atoms with van der Waals surface area (Å²) in [7, 11) is 0. The van der Waals surface area contributed by atoms with Crippen LogP contribution in [0.15, 0.2) is 18.3 Å². The Bertz CT molecular complexity index is 382. The van der Waals surface area contributed by atoms with Crippen molar-refractivity contribution >= 4 is 5.91 Å². The molecule has 1 aromatic heterocycles. The molecule has 0 bridgehead atoms. The highest BCUT2D eigenvalue weighted by Crippen LogP contribution is 2.22. The average molecular weight is 248 g/mol. The third kappa shape index (κ3) is 3.50. The second-order valence-corrected chi connectivity index (χ2v) is 4.84. The smallest absolute Gasteiger partial charge is 0.224 e. The summed E-state index contributed by atoms with van der Waals surface area (Å²) in [5.41, 5.74) is 6.83. The maximum Gasteiger partial charge on any atom is 0.224 e. The molecule has 18 heavy (non-hydrogen) atoms. The molecule has 1 saturated carbocycles. The van der Waals surface area contributed by atoms with E-state index in [4.69, 9.17) is 5.73 Å². The lowest BCUT2D eigenvalue weighted by Crippen LogP contribution is -2.41. The molecule has 0 radical (unpaired) electrons. The van der Waals surface area contributed by atoms with Crippen molar-refractivity contribution in [3.63, 3.8) is 0 Å². The molecule has 1 amide bonds. The van der Waals surface area contributed by atoms with Gasteiger partial charge < -0.3 is 11.1 Å². The van der Waals surface area contributed by atoms with E-state index in [1.807, 2.05) is 12.1 Å². The number of aromatic nitrogens is 2. The Morgan fingerprint density at radius 1 is 1.39 bits per heavy atom. The fraction of sp³-hybridized carbons (Fsp3) is 0.615. The number of carbonyl (C=O) groups is 1. The fourth-order valence-electron chi connectivity index (χ4n) is 2.40. The highest BCUT2D eigenvalue weighted by atomic mass is 16.1. The Balaban J connectivity index is 1.87. The van der Waals surface area contributed by atoms with Crippen LogP contribution in [0.2, 0.25) is 0 Å². The van der Waals surface area contributed by atoms with Gasteiger partial charge in [0.25, 0.3) is 0 Å². The maximum absolute atomic E-state index is 12.1. The Kier molecular flexibility index (Phi) is 4.64. The van der Waals surface area contributed by atoms with Crippen molar-refractivity contribution in [2.24, 2.45) is 11.7 Å². The van der Waals surface area contributed by atoms with Gasteiger partial charge in [0.2, 0.25) is 5.91 Å². The van der Waals surface area contributed by atoms with Gasteiger partial charge in [-0.1, -0.05) is 19.3 Å². The van der Waals surface area contributed by atoms with Crippen LogP contribution in [0.4, 0.5) is 0 Å². The summed E-state index contributed by atoms with van der Waals surface area (Å²) in [6.45, 7) is 0.426. The molecule has 0 aromatic carbocycles. The van der Waals surface area contributed by atoms with Crippen LogP contribution in [-0.4, -0.2) is 22.1 Å². The molecule has 1 fully saturated rings. The van der Waals surface area contributed by atoms with Crippen molar-refractivity contribution < 1.29 is 4.79 Å². The second kappa shape index (κ2) is 6.44. The monoisotopic (exact) mass is 248 g/mol. The summed E-state index contributed by atoms with van der Waals surface area (Å²) in [5, 5.41) is 10.6. The van der Waals surface area contributed by atoms with Crippen molar-refractivity contribution in [2.45, 2.75) is 44.7 Å². The number of rotatable bonds is 3. The SMILES string of the molecule is NC1CCCCCC1C(=O)NCc1cccnn1. The number of hydrogen-bond acceptors (Lipinski definition) is 4. The van der Waals surface area contributed by atoms with Gasteiger partial charge in [0.1, 0.15) is 0 Å². The fourth-order valence-corrected chi connectivity index (χ4v) is 2.40. The van der Waals surface area contributed by atoms with Gasteiger partial charge in [-0.05, 0) is 25.0 Å². The highest BCUT2D eigenvalue weighted by Gasteiger charge is 2.26. The molecule has 98 valence electrons. The number of hydrogen-bond donors (Lipinski definition) is 2. The van der Waals surface area contributed by atoms with Gasteiger partial charge in [-0.25, -0.2) is 0 Å². The van der Waals surface area contributed by atoms with Gasteiger partial charge >= 0.3 is 0 Å². The molecule has 0 spiro atoms. The van der Waals surface area contributed by atoms with E-state index in [0.717, 1.165) is 31.4 Å². The molecule has 2 rings (SSSR count). The van der Waals surface area contributed by atoms with Crippen molar-refractivity contribution in [1.82, 2.24) is 15.5 Å². The van der Waals surface area contributed by atoms with Gasteiger partial charge in [0.15, 0.2) is 0 Å². The van der Waals surface area contributed by atoms with Crippen LogP contribution in [0.3, 0.4) is 0 Å². The number of nitrogens with zero attached hydrogens (tertiary/aromatic N) is 2. The van der Waals surface area contributed by atoms with Crippen LogP contribution < -0.4 is 11.1 Å². The third-order valence-electron chi connectivity index (χ3n) is 3.48.